The highest BCUT2D eigenvalue weighted by molar-refractivity contribution is 5.91. The van der Waals surface area contributed by atoms with Crippen LogP contribution in [0.5, 0.6) is 11.5 Å². The molecule has 0 saturated heterocycles. The topological polar surface area (TPSA) is 64.6 Å². The summed E-state index contributed by atoms with van der Waals surface area (Å²) in [6.45, 7) is 1.26. The summed E-state index contributed by atoms with van der Waals surface area (Å²) in [6.07, 6.45) is 6.60. The number of benzene rings is 3. The Morgan fingerprint density at radius 1 is 0.775 bits per heavy atom. The zero-order chi connectivity index (χ0) is 29.0. The van der Waals surface area contributed by atoms with E-state index in [1.807, 2.05) is 12.1 Å². The number of quaternary nitrogens is 1. The first-order valence-corrected chi connectivity index (χ1v) is 13.7. The third kappa shape index (κ3) is 10.1. The van der Waals surface area contributed by atoms with E-state index in [1.54, 1.807) is 24.3 Å². The predicted octanol–water partition coefficient (Wildman–Crippen LogP) is 6.46. The lowest BCUT2D eigenvalue weighted by molar-refractivity contribution is -0.120. The molecule has 0 atom stereocenters. The largest absolute Gasteiger partial charge is 0.494 e. The number of amides is 1. The molecule has 0 saturated carbocycles. The van der Waals surface area contributed by atoms with E-state index in [4.69, 9.17) is 9.47 Å². The Morgan fingerprint density at radius 3 is 2.08 bits per heavy atom. The van der Waals surface area contributed by atoms with E-state index in [9.17, 15) is 18.4 Å². The van der Waals surface area contributed by atoms with Crippen molar-refractivity contribution in [1.82, 2.24) is 9.80 Å². The maximum absolute atomic E-state index is 13.7. The summed E-state index contributed by atoms with van der Waals surface area (Å²) in [6, 6.07) is 18.0. The lowest BCUT2D eigenvalue weighted by atomic mass is 10.1. The van der Waals surface area contributed by atoms with Crippen LogP contribution in [0.15, 0.2) is 66.7 Å². The molecule has 0 radical (unpaired) electrons. The zero-order valence-electron chi connectivity index (χ0n) is 23.6. The Morgan fingerprint density at radius 2 is 1.40 bits per heavy atom. The molecule has 8 heteroatoms. The maximum atomic E-state index is 13.7. The molecule has 0 fully saturated rings. The third-order valence-corrected chi connectivity index (χ3v) is 6.44. The first-order valence-electron chi connectivity index (χ1n) is 13.7. The SMILES string of the molecule is C[N+](C)(C)c1ccc(CC(=O)NCCCCCCCCOc2ccc(OC(=O)c3cccc(F)c3F)cc2)cc1. The molecule has 3 aromatic rings. The van der Waals surface area contributed by atoms with Crippen molar-refractivity contribution >= 4 is 17.6 Å². The molecule has 6 nitrogen and oxygen atoms in total. The van der Waals surface area contributed by atoms with E-state index in [-0.39, 0.29) is 11.7 Å². The highest BCUT2D eigenvalue weighted by atomic mass is 19.2. The van der Waals surface area contributed by atoms with E-state index in [1.165, 1.54) is 17.8 Å². The van der Waals surface area contributed by atoms with Gasteiger partial charge in [-0.15, -0.1) is 0 Å². The Labute approximate surface area is 235 Å². The number of unbranched alkanes of at least 4 members (excludes halogenated alkanes) is 5. The molecule has 0 spiro atoms. The number of esters is 1. The molecule has 0 aliphatic carbocycles. The molecule has 40 heavy (non-hydrogen) atoms. The summed E-state index contributed by atoms with van der Waals surface area (Å²) in [4.78, 5) is 24.3. The number of halogens is 2. The number of carbonyl (C=O) groups is 2. The van der Waals surface area contributed by atoms with Crippen LogP contribution in [-0.2, 0) is 11.2 Å². The van der Waals surface area contributed by atoms with Gasteiger partial charge < -0.3 is 14.8 Å². The van der Waals surface area contributed by atoms with E-state index < -0.39 is 23.2 Å². The molecule has 3 aromatic carbocycles. The quantitative estimate of drug-likeness (QED) is 0.102. The number of nitrogens with one attached hydrogen (secondary N) is 1. The standard InChI is InChI=1S/C32H38F2N2O4/c1-36(2,3)25-15-13-24(14-16-25)23-30(37)35-21-8-6-4-5-7-9-22-39-26-17-19-27(20-18-26)40-32(38)28-11-10-12-29(33)31(28)34/h10-20H,4-9,21-23H2,1-3H3/p+1. The first-order chi connectivity index (χ1) is 19.1. The minimum atomic E-state index is -1.23. The van der Waals surface area contributed by atoms with Gasteiger partial charge >= 0.3 is 5.97 Å². The molecule has 0 aliphatic rings. The fourth-order valence-electron chi connectivity index (χ4n) is 4.09. The van der Waals surface area contributed by atoms with Crippen molar-refractivity contribution in [3.05, 3.63) is 89.5 Å². The smallest absolute Gasteiger partial charge is 0.346 e. The normalized spacial score (nSPS) is 11.2. The monoisotopic (exact) mass is 553 g/mol. The summed E-state index contributed by atoms with van der Waals surface area (Å²) in [5.74, 6) is -2.39. The number of hydrogen-bond donors (Lipinski definition) is 1. The molecule has 0 unspecified atom stereocenters. The van der Waals surface area contributed by atoms with Crippen molar-refractivity contribution in [2.45, 2.75) is 44.9 Å². The molecule has 0 bridgehead atoms. The fourth-order valence-corrected chi connectivity index (χ4v) is 4.09. The Bertz CT molecular complexity index is 1240. The summed E-state index contributed by atoms with van der Waals surface area (Å²) in [7, 11) is 6.35. The third-order valence-electron chi connectivity index (χ3n) is 6.44. The van der Waals surface area contributed by atoms with Gasteiger partial charge in [-0.2, -0.15) is 0 Å². The van der Waals surface area contributed by atoms with Crippen molar-refractivity contribution in [2.24, 2.45) is 0 Å². The fraction of sp³-hybridized carbons (Fsp3) is 0.375. The lowest BCUT2D eigenvalue weighted by Crippen LogP contribution is -2.34. The molecular formula is C32H39F2N2O4+. The Balaban J connectivity index is 1.21. The molecule has 0 heterocycles. The van der Waals surface area contributed by atoms with Gasteiger partial charge in [-0.1, -0.05) is 43.9 Å². The number of nitrogens with zero attached hydrogens (tertiary/aromatic N) is 1. The molecule has 1 N–H and O–H groups in total. The highest BCUT2D eigenvalue weighted by Crippen LogP contribution is 2.21. The second-order valence-corrected chi connectivity index (χ2v) is 10.6. The summed E-state index contributed by atoms with van der Waals surface area (Å²) in [5.41, 5.74) is 1.77. The van der Waals surface area contributed by atoms with Gasteiger partial charge in [0.15, 0.2) is 11.6 Å². The lowest BCUT2D eigenvalue weighted by Gasteiger charge is -2.23. The van der Waals surface area contributed by atoms with E-state index in [2.05, 4.69) is 38.6 Å². The maximum Gasteiger partial charge on any atom is 0.346 e. The number of rotatable bonds is 15. The van der Waals surface area contributed by atoms with Crippen LogP contribution in [0.3, 0.4) is 0 Å². The van der Waals surface area contributed by atoms with Crippen molar-refractivity contribution in [3.8, 4) is 11.5 Å². The van der Waals surface area contributed by atoms with Crippen LogP contribution in [-0.4, -0.2) is 46.2 Å². The number of ether oxygens (including phenoxy) is 2. The molecular weight excluding hydrogens is 514 g/mol. The van der Waals surface area contributed by atoms with Gasteiger partial charge in [-0.25, -0.2) is 13.6 Å². The minimum absolute atomic E-state index is 0.0572. The van der Waals surface area contributed by atoms with Crippen LogP contribution in [0.4, 0.5) is 14.5 Å². The minimum Gasteiger partial charge on any atom is -0.494 e. The van der Waals surface area contributed by atoms with Gasteiger partial charge in [-0.3, -0.25) is 9.28 Å². The zero-order valence-corrected chi connectivity index (χ0v) is 23.6. The summed E-state index contributed by atoms with van der Waals surface area (Å²) < 4.78 is 38.6. The predicted molar refractivity (Wildman–Crippen MR) is 154 cm³/mol. The number of carbonyl (C=O) groups excluding carboxylic acids is 2. The van der Waals surface area contributed by atoms with Crippen LogP contribution < -0.4 is 19.3 Å². The highest BCUT2D eigenvalue weighted by Gasteiger charge is 2.17. The van der Waals surface area contributed by atoms with Gasteiger partial charge in [-0.05, 0) is 66.9 Å². The molecule has 0 aliphatic heterocycles. The Kier molecular flexibility index (Phi) is 11.6. The van der Waals surface area contributed by atoms with Crippen LogP contribution in [0, 0.1) is 11.6 Å². The van der Waals surface area contributed by atoms with E-state index in [0.717, 1.165) is 54.6 Å². The van der Waals surface area contributed by atoms with Crippen molar-refractivity contribution in [3.63, 3.8) is 0 Å². The molecule has 0 aromatic heterocycles. The van der Waals surface area contributed by atoms with Crippen molar-refractivity contribution in [1.29, 1.82) is 0 Å². The van der Waals surface area contributed by atoms with Crippen LogP contribution in [0.1, 0.15) is 54.4 Å². The van der Waals surface area contributed by atoms with E-state index >= 15 is 0 Å². The first kappa shape index (κ1) is 30.8. The molecule has 3 rings (SSSR count). The molecule has 214 valence electrons. The van der Waals surface area contributed by atoms with E-state index in [0.29, 0.717) is 25.3 Å². The van der Waals surface area contributed by atoms with Gasteiger partial charge in [0, 0.05) is 6.54 Å². The van der Waals surface area contributed by atoms with Crippen LogP contribution in [0.2, 0.25) is 0 Å². The average Bonchev–Trinajstić information content (AvgIpc) is 2.92. The van der Waals surface area contributed by atoms with Crippen molar-refractivity contribution < 1.29 is 27.8 Å². The van der Waals surface area contributed by atoms with Gasteiger partial charge in [0.25, 0.3) is 0 Å². The number of hydrogen-bond acceptors (Lipinski definition) is 4. The average molecular weight is 554 g/mol. The van der Waals surface area contributed by atoms with Gasteiger partial charge in [0.2, 0.25) is 5.91 Å². The summed E-state index contributed by atoms with van der Waals surface area (Å²) >= 11 is 0. The van der Waals surface area contributed by atoms with Gasteiger partial charge in [0.05, 0.1) is 39.7 Å². The summed E-state index contributed by atoms with van der Waals surface area (Å²) in [5, 5.41) is 3.01. The molecule has 1 amide bonds. The van der Waals surface area contributed by atoms with Crippen LogP contribution in [0.25, 0.3) is 0 Å². The van der Waals surface area contributed by atoms with Gasteiger partial charge in [0.1, 0.15) is 17.2 Å². The second-order valence-electron chi connectivity index (χ2n) is 10.6. The van der Waals surface area contributed by atoms with Crippen molar-refractivity contribution in [2.75, 3.05) is 34.3 Å². The van der Waals surface area contributed by atoms with Crippen LogP contribution >= 0.6 is 0 Å². The Hall–Kier alpha value is -3.78. The second kappa shape index (κ2) is 15.1.